The summed E-state index contributed by atoms with van der Waals surface area (Å²) in [6, 6.07) is 4.61. The highest BCUT2D eigenvalue weighted by molar-refractivity contribution is 7.98. The van der Waals surface area contributed by atoms with Crippen LogP contribution in [0.15, 0.2) is 24.3 Å². The quantitative estimate of drug-likeness (QED) is 0.381. The van der Waals surface area contributed by atoms with E-state index in [9.17, 15) is 19.5 Å². The van der Waals surface area contributed by atoms with Gasteiger partial charge in [0.25, 0.3) is 0 Å². The lowest BCUT2D eigenvalue weighted by Crippen LogP contribution is -2.52. The van der Waals surface area contributed by atoms with E-state index >= 15 is 0 Å². The first kappa shape index (κ1) is 20.8. The van der Waals surface area contributed by atoms with Gasteiger partial charge in [0.15, 0.2) is 0 Å². The molecule has 6 N–H and O–H groups in total. The molecule has 0 unspecified atom stereocenters. The maximum atomic E-state index is 12.2. The van der Waals surface area contributed by atoms with Gasteiger partial charge in [-0.3, -0.25) is 14.4 Å². The number of hydrogen-bond acceptors (Lipinski definition) is 6. The highest BCUT2D eigenvalue weighted by atomic mass is 32.2. The SMILES string of the molecule is CSCC[C@H](NC(=O)[C@@H](N)Cc1ccc(O)cc1)C(=O)NCC(=O)O. The molecule has 0 aliphatic rings. The monoisotopic (exact) mass is 369 g/mol. The molecule has 0 saturated carbocycles. The van der Waals surface area contributed by atoms with Crippen LogP contribution in [0.4, 0.5) is 0 Å². The molecule has 0 radical (unpaired) electrons. The van der Waals surface area contributed by atoms with Crippen LogP contribution in [-0.2, 0) is 20.8 Å². The average Bonchev–Trinajstić information content (AvgIpc) is 2.58. The van der Waals surface area contributed by atoms with E-state index in [0.717, 1.165) is 5.56 Å². The van der Waals surface area contributed by atoms with Crippen molar-refractivity contribution in [1.82, 2.24) is 10.6 Å². The molecule has 138 valence electrons. The summed E-state index contributed by atoms with van der Waals surface area (Å²) in [7, 11) is 0. The number of phenolic OH excluding ortho intramolecular Hbond substituents is 1. The normalized spacial score (nSPS) is 12.9. The molecule has 0 aromatic heterocycles. The van der Waals surface area contributed by atoms with E-state index in [0.29, 0.717) is 12.2 Å². The lowest BCUT2D eigenvalue weighted by molar-refractivity contribution is -0.138. The van der Waals surface area contributed by atoms with Crippen LogP contribution >= 0.6 is 11.8 Å². The summed E-state index contributed by atoms with van der Waals surface area (Å²) in [5, 5.41) is 22.7. The summed E-state index contributed by atoms with van der Waals surface area (Å²) in [4.78, 5) is 34.8. The molecule has 1 aromatic carbocycles. The van der Waals surface area contributed by atoms with E-state index in [-0.39, 0.29) is 12.2 Å². The van der Waals surface area contributed by atoms with Crippen molar-refractivity contribution in [3.8, 4) is 5.75 Å². The highest BCUT2D eigenvalue weighted by Crippen LogP contribution is 2.11. The largest absolute Gasteiger partial charge is 0.508 e. The van der Waals surface area contributed by atoms with Gasteiger partial charge in [-0.25, -0.2) is 0 Å². The van der Waals surface area contributed by atoms with E-state index < -0.39 is 36.4 Å². The molecule has 25 heavy (non-hydrogen) atoms. The fraction of sp³-hybridized carbons (Fsp3) is 0.438. The van der Waals surface area contributed by atoms with Gasteiger partial charge in [0, 0.05) is 0 Å². The van der Waals surface area contributed by atoms with Crippen molar-refractivity contribution in [3.05, 3.63) is 29.8 Å². The lowest BCUT2D eigenvalue weighted by Gasteiger charge is -2.20. The minimum Gasteiger partial charge on any atom is -0.508 e. The maximum absolute atomic E-state index is 12.2. The maximum Gasteiger partial charge on any atom is 0.322 e. The second-order valence-electron chi connectivity index (χ2n) is 5.43. The van der Waals surface area contributed by atoms with Crippen molar-refractivity contribution >= 4 is 29.5 Å². The van der Waals surface area contributed by atoms with E-state index in [2.05, 4.69) is 10.6 Å². The smallest absolute Gasteiger partial charge is 0.322 e. The Kier molecular flexibility index (Phi) is 8.79. The summed E-state index contributed by atoms with van der Waals surface area (Å²) in [6.45, 7) is -0.510. The van der Waals surface area contributed by atoms with E-state index in [4.69, 9.17) is 10.8 Å². The number of phenols is 1. The predicted molar refractivity (Wildman–Crippen MR) is 95.4 cm³/mol. The summed E-state index contributed by atoms with van der Waals surface area (Å²) in [5.41, 5.74) is 6.66. The molecule has 1 aromatic rings. The summed E-state index contributed by atoms with van der Waals surface area (Å²) in [5.74, 6) is -1.47. The molecule has 9 heteroatoms. The van der Waals surface area contributed by atoms with Gasteiger partial charge >= 0.3 is 5.97 Å². The van der Waals surface area contributed by atoms with Crippen LogP contribution in [0.3, 0.4) is 0 Å². The third-order valence-electron chi connectivity index (χ3n) is 3.39. The Morgan fingerprint density at radius 2 is 1.84 bits per heavy atom. The number of carbonyl (C=O) groups is 3. The Hall–Kier alpha value is -2.26. The first-order valence-corrected chi connectivity index (χ1v) is 9.05. The number of benzene rings is 1. The predicted octanol–water partition coefficient (Wildman–Crippen LogP) is -0.299. The van der Waals surface area contributed by atoms with Crippen molar-refractivity contribution in [2.24, 2.45) is 5.73 Å². The zero-order chi connectivity index (χ0) is 18.8. The number of hydrogen-bond donors (Lipinski definition) is 5. The Morgan fingerprint density at radius 1 is 1.20 bits per heavy atom. The minimum absolute atomic E-state index is 0.119. The number of carboxylic acids is 1. The molecule has 2 atom stereocenters. The van der Waals surface area contributed by atoms with Crippen molar-refractivity contribution < 1.29 is 24.6 Å². The number of rotatable bonds is 10. The van der Waals surface area contributed by atoms with Crippen molar-refractivity contribution in [1.29, 1.82) is 0 Å². The molecule has 0 fully saturated rings. The van der Waals surface area contributed by atoms with Crippen LogP contribution in [0.25, 0.3) is 0 Å². The Balaban J connectivity index is 2.63. The summed E-state index contributed by atoms with van der Waals surface area (Å²) in [6.07, 6.45) is 2.48. The molecule has 2 amide bonds. The van der Waals surface area contributed by atoms with Crippen LogP contribution in [0.2, 0.25) is 0 Å². The molecule has 0 bridgehead atoms. The number of aliphatic carboxylic acids is 1. The molecule has 0 saturated heterocycles. The first-order chi connectivity index (χ1) is 11.8. The number of aromatic hydroxyl groups is 1. The lowest BCUT2D eigenvalue weighted by atomic mass is 10.1. The Bertz CT molecular complexity index is 594. The van der Waals surface area contributed by atoms with Crippen molar-refractivity contribution in [2.45, 2.75) is 24.9 Å². The van der Waals surface area contributed by atoms with Crippen LogP contribution in [0.1, 0.15) is 12.0 Å². The number of nitrogens with one attached hydrogen (secondary N) is 2. The van der Waals surface area contributed by atoms with Gasteiger partial charge in [0.2, 0.25) is 11.8 Å². The van der Waals surface area contributed by atoms with E-state index in [1.54, 1.807) is 12.1 Å². The molecule has 0 aliphatic carbocycles. The first-order valence-electron chi connectivity index (χ1n) is 7.65. The van der Waals surface area contributed by atoms with Gasteiger partial charge in [-0.1, -0.05) is 12.1 Å². The van der Waals surface area contributed by atoms with Crippen LogP contribution < -0.4 is 16.4 Å². The number of carboxylic acid groups (broad SMARTS) is 1. The minimum atomic E-state index is -1.16. The van der Waals surface area contributed by atoms with Crippen LogP contribution in [-0.4, -0.2) is 58.6 Å². The topological polar surface area (TPSA) is 142 Å². The summed E-state index contributed by atoms with van der Waals surface area (Å²) >= 11 is 1.51. The van der Waals surface area contributed by atoms with Gasteiger partial charge in [-0.05, 0) is 42.5 Å². The molecule has 0 aliphatic heterocycles. The van der Waals surface area contributed by atoms with Crippen LogP contribution in [0.5, 0.6) is 5.75 Å². The standard InChI is InChI=1S/C16H23N3O5S/c1-25-7-6-13(16(24)18-9-14(21)22)19-15(23)12(17)8-10-2-4-11(20)5-3-10/h2-5,12-13,20H,6-9,17H2,1H3,(H,18,24)(H,19,23)(H,21,22)/t12-,13-/m0/s1. The van der Waals surface area contributed by atoms with Gasteiger partial charge in [-0.15, -0.1) is 0 Å². The molecule has 0 spiro atoms. The highest BCUT2D eigenvalue weighted by Gasteiger charge is 2.23. The van der Waals surface area contributed by atoms with E-state index in [1.807, 2.05) is 6.26 Å². The molecule has 1 rings (SSSR count). The van der Waals surface area contributed by atoms with Gasteiger partial charge < -0.3 is 26.6 Å². The second-order valence-corrected chi connectivity index (χ2v) is 6.42. The summed E-state index contributed by atoms with van der Waals surface area (Å²) < 4.78 is 0. The second kappa shape index (κ2) is 10.6. The molecular weight excluding hydrogens is 346 g/mol. The van der Waals surface area contributed by atoms with Crippen molar-refractivity contribution in [2.75, 3.05) is 18.6 Å². The number of amides is 2. The zero-order valence-electron chi connectivity index (χ0n) is 13.9. The fourth-order valence-corrected chi connectivity index (χ4v) is 2.52. The molecule has 0 heterocycles. The Morgan fingerprint density at radius 3 is 2.40 bits per heavy atom. The third-order valence-corrected chi connectivity index (χ3v) is 4.03. The van der Waals surface area contributed by atoms with Gasteiger partial charge in [0.1, 0.15) is 18.3 Å². The van der Waals surface area contributed by atoms with Gasteiger partial charge in [-0.2, -0.15) is 11.8 Å². The number of nitrogens with two attached hydrogens (primary N) is 1. The number of carbonyl (C=O) groups excluding carboxylic acids is 2. The zero-order valence-corrected chi connectivity index (χ0v) is 14.7. The number of thioether (sulfide) groups is 1. The van der Waals surface area contributed by atoms with Gasteiger partial charge in [0.05, 0.1) is 6.04 Å². The average molecular weight is 369 g/mol. The van der Waals surface area contributed by atoms with Crippen LogP contribution in [0, 0.1) is 0 Å². The van der Waals surface area contributed by atoms with Crippen molar-refractivity contribution in [3.63, 3.8) is 0 Å². The third kappa shape index (κ3) is 7.90. The molecule has 8 nitrogen and oxygen atoms in total. The molecular formula is C16H23N3O5S. The Labute approximate surface area is 150 Å². The fourth-order valence-electron chi connectivity index (χ4n) is 2.05. The van der Waals surface area contributed by atoms with E-state index in [1.165, 1.54) is 23.9 Å².